The smallest absolute Gasteiger partial charge is 0.147 e. The maximum Gasteiger partial charge on any atom is 0.147 e. The van der Waals surface area contributed by atoms with Crippen LogP contribution in [0.1, 0.15) is 30.9 Å². The molecule has 2 aromatic carbocycles. The van der Waals surface area contributed by atoms with Crippen LogP contribution in [0.3, 0.4) is 0 Å². The van der Waals surface area contributed by atoms with Crippen LogP contribution in [0.4, 0.5) is 0 Å². The highest BCUT2D eigenvalue weighted by molar-refractivity contribution is 7.90. The third-order valence-corrected chi connectivity index (χ3v) is 5.54. The molecule has 22 heavy (non-hydrogen) atoms. The molecule has 0 aromatic heterocycles. The minimum Gasteiger partial charge on any atom is -0.296 e. The first-order chi connectivity index (χ1) is 10.5. The molecule has 2 aromatic rings. The summed E-state index contributed by atoms with van der Waals surface area (Å²) in [5.74, 6) is 0.283. The Labute approximate surface area is 132 Å². The second-order valence-corrected chi connectivity index (χ2v) is 8.51. The first-order valence-electron chi connectivity index (χ1n) is 7.94. The van der Waals surface area contributed by atoms with Crippen molar-refractivity contribution in [3.05, 3.63) is 48.0 Å². The lowest BCUT2D eigenvalue weighted by Gasteiger charge is -2.25. The van der Waals surface area contributed by atoms with Crippen LogP contribution in [0.2, 0.25) is 0 Å². The maximum absolute atomic E-state index is 11.3. The Morgan fingerprint density at radius 3 is 2.73 bits per heavy atom. The van der Waals surface area contributed by atoms with E-state index >= 15 is 0 Å². The van der Waals surface area contributed by atoms with Crippen LogP contribution in [0.15, 0.2) is 42.5 Å². The third kappa shape index (κ3) is 3.50. The molecule has 0 N–H and O–H groups in total. The van der Waals surface area contributed by atoms with Gasteiger partial charge in [-0.2, -0.15) is 0 Å². The molecule has 0 spiro atoms. The Kier molecular flexibility index (Phi) is 4.50. The van der Waals surface area contributed by atoms with Gasteiger partial charge in [0.1, 0.15) is 9.84 Å². The molecule has 3 rings (SSSR count). The number of likely N-dealkylation sites (tertiary alicyclic amines) is 1. The van der Waals surface area contributed by atoms with Crippen molar-refractivity contribution in [1.82, 2.24) is 4.90 Å². The van der Waals surface area contributed by atoms with E-state index in [2.05, 4.69) is 47.4 Å². The van der Waals surface area contributed by atoms with Crippen molar-refractivity contribution in [3.8, 4) is 0 Å². The highest BCUT2D eigenvalue weighted by Gasteiger charge is 2.26. The molecule has 0 aliphatic carbocycles. The van der Waals surface area contributed by atoms with Crippen LogP contribution in [0, 0.1) is 0 Å². The van der Waals surface area contributed by atoms with Gasteiger partial charge in [-0.05, 0) is 48.7 Å². The highest BCUT2D eigenvalue weighted by atomic mass is 32.2. The number of hydrogen-bond donors (Lipinski definition) is 0. The topological polar surface area (TPSA) is 37.4 Å². The number of benzene rings is 2. The van der Waals surface area contributed by atoms with Crippen LogP contribution in [0.25, 0.3) is 10.8 Å². The summed E-state index contributed by atoms with van der Waals surface area (Å²) in [7, 11) is -2.86. The van der Waals surface area contributed by atoms with E-state index in [0.717, 1.165) is 25.9 Å². The van der Waals surface area contributed by atoms with Crippen molar-refractivity contribution >= 4 is 20.6 Å². The Bertz CT molecular complexity index is 749. The molecular weight excluding hydrogens is 294 g/mol. The zero-order valence-electron chi connectivity index (χ0n) is 13.0. The zero-order chi connectivity index (χ0) is 15.6. The Morgan fingerprint density at radius 2 is 1.91 bits per heavy atom. The molecule has 0 saturated carbocycles. The molecule has 1 heterocycles. The fourth-order valence-electron chi connectivity index (χ4n) is 3.52. The van der Waals surface area contributed by atoms with Gasteiger partial charge in [0, 0.05) is 12.3 Å². The largest absolute Gasteiger partial charge is 0.296 e. The van der Waals surface area contributed by atoms with Gasteiger partial charge in [0.25, 0.3) is 0 Å². The number of sulfone groups is 1. The lowest BCUT2D eigenvalue weighted by molar-refractivity contribution is 0.259. The number of fused-ring (bicyclic) bond motifs is 1. The molecule has 0 amide bonds. The minimum atomic E-state index is -2.86. The van der Waals surface area contributed by atoms with Crippen molar-refractivity contribution in [2.45, 2.75) is 25.3 Å². The lowest BCUT2D eigenvalue weighted by Crippen LogP contribution is -2.26. The standard InChI is InChI=1S/C18H23NO2S/c1-22(20,21)14-6-13-19-12-5-11-18(19)17-10-4-8-15-7-2-3-9-16(15)17/h2-4,7-10,18H,5-6,11-14H2,1H3. The van der Waals surface area contributed by atoms with Crippen LogP contribution >= 0.6 is 0 Å². The molecule has 0 bridgehead atoms. The summed E-state index contributed by atoms with van der Waals surface area (Å²) in [5, 5.41) is 2.60. The molecule has 0 radical (unpaired) electrons. The first-order valence-corrected chi connectivity index (χ1v) is 10.00. The van der Waals surface area contributed by atoms with Crippen molar-refractivity contribution in [2.24, 2.45) is 0 Å². The molecule has 1 atom stereocenters. The predicted molar refractivity (Wildman–Crippen MR) is 91.8 cm³/mol. The average molecular weight is 317 g/mol. The predicted octanol–water partition coefficient (Wildman–Crippen LogP) is 3.41. The van der Waals surface area contributed by atoms with E-state index in [1.807, 2.05) is 0 Å². The van der Waals surface area contributed by atoms with Gasteiger partial charge >= 0.3 is 0 Å². The van der Waals surface area contributed by atoms with E-state index < -0.39 is 9.84 Å². The second-order valence-electron chi connectivity index (χ2n) is 6.25. The molecule has 1 unspecified atom stereocenters. The molecule has 118 valence electrons. The molecule has 1 aliphatic heterocycles. The van der Waals surface area contributed by atoms with Gasteiger partial charge in [-0.1, -0.05) is 42.5 Å². The van der Waals surface area contributed by atoms with Gasteiger partial charge in [0.05, 0.1) is 5.75 Å². The van der Waals surface area contributed by atoms with Gasteiger partial charge in [-0.3, -0.25) is 4.90 Å². The molecule has 1 fully saturated rings. The fourth-order valence-corrected chi connectivity index (χ4v) is 4.17. The maximum atomic E-state index is 11.3. The average Bonchev–Trinajstić information content (AvgIpc) is 2.93. The number of hydrogen-bond acceptors (Lipinski definition) is 3. The van der Waals surface area contributed by atoms with Gasteiger partial charge in [-0.15, -0.1) is 0 Å². The summed E-state index contributed by atoms with van der Waals surface area (Å²) in [6.45, 7) is 1.93. The molecule has 1 saturated heterocycles. The van der Waals surface area contributed by atoms with E-state index in [1.54, 1.807) is 0 Å². The second kappa shape index (κ2) is 6.39. The van der Waals surface area contributed by atoms with E-state index in [0.29, 0.717) is 6.04 Å². The third-order valence-electron chi connectivity index (χ3n) is 4.51. The van der Waals surface area contributed by atoms with Crippen LogP contribution in [-0.4, -0.2) is 38.4 Å². The van der Waals surface area contributed by atoms with E-state index in [4.69, 9.17) is 0 Å². The van der Waals surface area contributed by atoms with Gasteiger partial charge in [0.15, 0.2) is 0 Å². The number of nitrogens with zero attached hydrogens (tertiary/aromatic N) is 1. The molecule has 4 heteroatoms. The van der Waals surface area contributed by atoms with E-state index in [1.165, 1.54) is 29.0 Å². The molecular formula is C18H23NO2S. The lowest BCUT2D eigenvalue weighted by atomic mass is 9.97. The summed E-state index contributed by atoms with van der Waals surface area (Å²) >= 11 is 0. The zero-order valence-corrected chi connectivity index (χ0v) is 13.8. The van der Waals surface area contributed by atoms with Crippen LogP contribution in [0.5, 0.6) is 0 Å². The normalized spacial score (nSPS) is 19.8. The fraction of sp³-hybridized carbons (Fsp3) is 0.444. The van der Waals surface area contributed by atoms with Crippen molar-refractivity contribution in [3.63, 3.8) is 0 Å². The first kappa shape index (κ1) is 15.5. The summed E-state index contributed by atoms with van der Waals surface area (Å²) in [6, 6.07) is 15.4. The van der Waals surface area contributed by atoms with Crippen molar-refractivity contribution in [1.29, 1.82) is 0 Å². The monoisotopic (exact) mass is 317 g/mol. The molecule has 1 aliphatic rings. The summed E-state index contributed by atoms with van der Waals surface area (Å²) < 4.78 is 22.6. The SMILES string of the molecule is CS(=O)(=O)CCCN1CCCC1c1cccc2ccccc12. The quantitative estimate of drug-likeness (QED) is 0.848. The van der Waals surface area contributed by atoms with Gasteiger partial charge in [-0.25, -0.2) is 8.42 Å². The Balaban J connectivity index is 1.80. The van der Waals surface area contributed by atoms with E-state index in [9.17, 15) is 8.42 Å². The minimum absolute atomic E-state index is 0.283. The Hall–Kier alpha value is -1.39. The summed E-state index contributed by atoms with van der Waals surface area (Å²) in [4.78, 5) is 2.45. The van der Waals surface area contributed by atoms with Crippen molar-refractivity contribution < 1.29 is 8.42 Å². The molecule has 3 nitrogen and oxygen atoms in total. The van der Waals surface area contributed by atoms with E-state index in [-0.39, 0.29) is 5.75 Å². The summed E-state index contributed by atoms with van der Waals surface area (Å²) in [5.41, 5.74) is 1.38. The summed E-state index contributed by atoms with van der Waals surface area (Å²) in [6.07, 6.45) is 4.39. The Morgan fingerprint density at radius 1 is 1.14 bits per heavy atom. The van der Waals surface area contributed by atoms with Crippen LogP contribution < -0.4 is 0 Å². The van der Waals surface area contributed by atoms with Crippen LogP contribution in [-0.2, 0) is 9.84 Å². The highest BCUT2D eigenvalue weighted by Crippen LogP contribution is 2.35. The number of rotatable bonds is 5. The van der Waals surface area contributed by atoms with Gasteiger partial charge < -0.3 is 0 Å². The van der Waals surface area contributed by atoms with Gasteiger partial charge in [0.2, 0.25) is 0 Å². The van der Waals surface area contributed by atoms with Crippen molar-refractivity contribution in [2.75, 3.05) is 25.1 Å².